The Bertz CT molecular complexity index is 398. The normalized spacial score (nSPS) is 9.92. The molecule has 0 aliphatic heterocycles. The topological polar surface area (TPSA) is 12.9 Å². The highest BCUT2D eigenvalue weighted by Gasteiger charge is 1.97. The Labute approximate surface area is 75.9 Å². The number of hydrogen-bond donors (Lipinski definition) is 0. The fourth-order valence-electron chi connectivity index (χ4n) is 1.20. The first-order valence-electron chi connectivity index (χ1n) is 4.02. The van der Waals surface area contributed by atoms with Crippen LogP contribution in [0.1, 0.15) is 0 Å². The van der Waals surface area contributed by atoms with Gasteiger partial charge in [-0.2, -0.15) is 0 Å². The van der Waals surface area contributed by atoms with Crippen molar-refractivity contribution in [3.63, 3.8) is 0 Å². The van der Waals surface area contributed by atoms with Crippen LogP contribution in [-0.2, 0) is 0 Å². The van der Waals surface area contributed by atoms with E-state index in [0.717, 1.165) is 11.1 Å². The molecule has 0 unspecified atom stereocenters. The number of halogens is 1. The van der Waals surface area contributed by atoms with Crippen LogP contribution in [0.15, 0.2) is 48.8 Å². The third kappa shape index (κ3) is 1.72. The van der Waals surface area contributed by atoms with Gasteiger partial charge in [-0.25, -0.2) is 4.39 Å². The molecule has 13 heavy (non-hydrogen) atoms. The molecule has 0 aliphatic carbocycles. The molecule has 0 N–H and O–H groups in total. The SMILES string of the molecule is Fc1cccc(-c2cccnc2)c1. The van der Waals surface area contributed by atoms with Crippen molar-refractivity contribution in [2.45, 2.75) is 0 Å². The lowest BCUT2D eigenvalue weighted by molar-refractivity contribution is 0.628. The largest absolute Gasteiger partial charge is 0.264 e. The second kappa shape index (κ2) is 3.35. The number of hydrogen-bond acceptors (Lipinski definition) is 1. The van der Waals surface area contributed by atoms with Crippen molar-refractivity contribution in [1.29, 1.82) is 0 Å². The highest BCUT2D eigenvalue weighted by atomic mass is 19.1. The summed E-state index contributed by atoms with van der Waals surface area (Å²) in [5.41, 5.74) is 1.79. The third-order valence-corrected chi connectivity index (χ3v) is 1.82. The molecule has 0 fully saturated rings. The van der Waals surface area contributed by atoms with Crippen molar-refractivity contribution >= 4 is 0 Å². The molecule has 1 aromatic carbocycles. The van der Waals surface area contributed by atoms with Crippen LogP contribution in [-0.4, -0.2) is 4.98 Å². The predicted octanol–water partition coefficient (Wildman–Crippen LogP) is 2.89. The fraction of sp³-hybridized carbons (Fsp3) is 0. The summed E-state index contributed by atoms with van der Waals surface area (Å²) in [6, 6.07) is 10.2. The van der Waals surface area contributed by atoms with E-state index in [0.29, 0.717) is 0 Å². The molecule has 64 valence electrons. The van der Waals surface area contributed by atoms with E-state index in [9.17, 15) is 4.39 Å². The quantitative estimate of drug-likeness (QED) is 0.646. The molecular formula is C11H8FN. The van der Waals surface area contributed by atoms with Crippen molar-refractivity contribution in [3.8, 4) is 11.1 Å². The minimum absolute atomic E-state index is 0.221. The van der Waals surface area contributed by atoms with Crippen LogP contribution in [0.4, 0.5) is 4.39 Å². The molecule has 0 amide bonds. The predicted molar refractivity (Wildman–Crippen MR) is 49.6 cm³/mol. The van der Waals surface area contributed by atoms with E-state index in [1.54, 1.807) is 18.5 Å². The monoisotopic (exact) mass is 173 g/mol. The molecule has 0 bridgehead atoms. The number of benzene rings is 1. The summed E-state index contributed by atoms with van der Waals surface area (Å²) in [4.78, 5) is 3.97. The van der Waals surface area contributed by atoms with Gasteiger partial charge in [0.15, 0.2) is 0 Å². The van der Waals surface area contributed by atoms with Crippen LogP contribution in [0.2, 0.25) is 0 Å². The zero-order valence-corrected chi connectivity index (χ0v) is 6.94. The Balaban J connectivity index is 2.48. The highest BCUT2D eigenvalue weighted by Crippen LogP contribution is 2.17. The molecule has 0 spiro atoms. The molecule has 0 saturated heterocycles. The Kier molecular flexibility index (Phi) is 2.04. The van der Waals surface area contributed by atoms with Crippen molar-refractivity contribution in [2.24, 2.45) is 0 Å². The molecule has 2 rings (SSSR count). The van der Waals surface area contributed by atoms with E-state index in [1.807, 2.05) is 18.2 Å². The van der Waals surface area contributed by atoms with Crippen molar-refractivity contribution in [2.75, 3.05) is 0 Å². The number of aromatic nitrogens is 1. The summed E-state index contributed by atoms with van der Waals surface area (Å²) in [6.45, 7) is 0. The van der Waals surface area contributed by atoms with E-state index < -0.39 is 0 Å². The zero-order valence-electron chi connectivity index (χ0n) is 6.94. The second-order valence-electron chi connectivity index (χ2n) is 2.75. The highest BCUT2D eigenvalue weighted by molar-refractivity contribution is 5.61. The average molecular weight is 173 g/mol. The molecule has 2 heteroatoms. The Morgan fingerprint density at radius 2 is 1.85 bits per heavy atom. The second-order valence-corrected chi connectivity index (χ2v) is 2.75. The van der Waals surface area contributed by atoms with Crippen LogP contribution in [0.25, 0.3) is 11.1 Å². The summed E-state index contributed by atoms with van der Waals surface area (Å²) in [6.07, 6.45) is 3.41. The van der Waals surface area contributed by atoms with E-state index in [-0.39, 0.29) is 5.82 Å². The van der Waals surface area contributed by atoms with Crippen LogP contribution in [0.5, 0.6) is 0 Å². The summed E-state index contributed by atoms with van der Waals surface area (Å²) in [7, 11) is 0. The molecule has 0 atom stereocenters. The lowest BCUT2D eigenvalue weighted by Crippen LogP contribution is -1.80. The maximum Gasteiger partial charge on any atom is 0.123 e. The van der Waals surface area contributed by atoms with Gasteiger partial charge in [0.1, 0.15) is 5.82 Å². The van der Waals surface area contributed by atoms with Crippen molar-refractivity contribution in [3.05, 3.63) is 54.6 Å². The van der Waals surface area contributed by atoms with E-state index in [1.165, 1.54) is 12.1 Å². The molecule has 1 nitrogen and oxygen atoms in total. The first kappa shape index (κ1) is 7.92. The van der Waals surface area contributed by atoms with Gasteiger partial charge < -0.3 is 0 Å². The molecule has 2 aromatic rings. The Hall–Kier alpha value is -1.70. The lowest BCUT2D eigenvalue weighted by atomic mass is 10.1. The summed E-state index contributed by atoms with van der Waals surface area (Å²) >= 11 is 0. The van der Waals surface area contributed by atoms with Gasteiger partial charge in [-0.1, -0.05) is 18.2 Å². The molecule has 1 aromatic heterocycles. The Morgan fingerprint density at radius 3 is 2.54 bits per heavy atom. The number of rotatable bonds is 1. The molecule has 0 saturated carbocycles. The van der Waals surface area contributed by atoms with Gasteiger partial charge in [-0.15, -0.1) is 0 Å². The zero-order chi connectivity index (χ0) is 9.10. The van der Waals surface area contributed by atoms with Gasteiger partial charge in [0.05, 0.1) is 0 Å². The van der Waals surface area contributed by atoms with E-state index in [4.69, 9.17) is 0 Å². The minimum atomic E-state index is -0.221. The van der Waals surface area contributed by atoms with Crippen molar-refractivity contribution < 1.29 is 4.39 Å². The van der Waals surface area contributed by atoms with Crippen LogP contribution in [0, 0.1) is 5.82 Å². The summed E-state index contributed by atoms with van der Waals surface area (Å²) in [5, 5.41) is 0. The van der Waals surface area contributed by atoms with Gasteiger partial charge in [0.25, 0.3) is 0 Å². The molecule has 1 heterocycles. The maximum atomic E-state index is 12.8. The summed E-state index contributed by atoms with van der Waals surface area (Å²) in [5.74, 6) is -0.221. The standard InChI is InChI=1S/C11H8FN/c12-11-5-1-3-9(7-11)10-4-2-6-13-8-10/h1-8H. The fourth-order valence-corrected chi connectivity index (χ4v) is 1.20. The van der Waals surface area contributed by atoms with E-state index >= 15 is 0 Å². The molecule has 0 radical (unpaired) electrons. The first-order valence-corrected chi connectivity index (χ1v) is 4.02. The van der Waals surface area contributed by atoms with Crippen molar-refractivity contribution in [1.82, 2.24) is 4.98 Å². The van der Waals surface area contributed by atoms with Gasteiger partial charge >= 0.3 is 0 Å². The van der Waals surface area contributed by atoms with Crippen LogP contribution >= 0.6 is 0 Å². The van der Waals surface area contributed by atoms with Crippen LogP contribution < -0.4 is 0 Å². The van der Waals surface area contributed by atoms with Crippen LogP contribution in [0.3, 0.4) is 0 Å². The lowest BCUT2D eigenvalue weighted by Gasteiger charge is -1.99. The maximum absolute atomic E-state index is 12.8. The summed E-state index contributed by atoms with van der Waals surface area (Å²) < 4.78 is 12.8. The van der Waals surface area contributed by atoms with Gasteiger partial charge in [0, 0.05) is 18.0 Å². The van der Waals surface area contributed by atoms with Gasteiger partial charge in [-0.05, 0) is 23.8 Å². The third-order valence-electron chi connectivity index (χ3n) is 1.82. The smallest absolute Gasteiger partial charge is 0.123 e. The Morgan fingerprint density at radius 1 is 1.00 bits per heavy atom. The molecule has 0 aliphatic rings. The van der Waals surface area contributed by atoms with E-state index in [2.05, 4.69) is 4.98 Å². The van der Waals surface area contributed by atoms with Gasteiger partial charge in [0.2, 0.25) is 0 Å². The molecular weight excluding hydrogens is 165 g/mol. The minimum Gasteiger partial charge on any atom is -0.264 e. The number of pyridine rings is 1. The first-order chi connectivity index (χ1) is 6.36. The number of nitrogens with zero attached hydrogens (tertiary/aromatic N) is 1. The average Bonchev–Trinajstić information content (AvgIpc) is 2.19. The van der Waals surface area contributed by atoms with Gasteiger partial charge in [-0.3, -0.25) is 4.98 Å².